The standard InChI is InChI=1S/C18H17N5O2S/c1-10(26-18-21-9-14(8-19)17(20)22-18)16(25)13-3-4-15-12(7-13)5-6-23(15)11(2)24/h3-4,7,9-10H,5-6H2,1-2H3,(H2,20,21,22). The molecule has 2 aromatic rings. The number of ketones is 1. The molecule has 0 aliphatic carbocycles. The van der Waals surface area contributed by atoms with E-state index in [9.17, 15) is 9.59 Å². The number of anilines is 2. The summed E-state index contributed by atoms with van der Waals surface area (Å²) in [5.41, 5.74) is 8.37. The molecular formula is C18H17N5O2S. The van der Waals surface area contributed by atoms with Crippen LogP contribution in [0.5, 0.6) is 0 Å². The summed E-state index contributed by atoms with van der Waals surface area (Å²) in [7, 11) is 0. The highest BCUT2D eigenvalue weighted by Gasteiger charge is 2.25. The second-order valence-corrected chi connectivity index (χ2v) is 7.26. The molecule has 1 aliphatic heterocycles. The SMILES string of the molecule is CC(=O)N1CCc2cc(C(=O)C(C)Sc3ncc(C#N)c(N)n3)ccc21. The zero-order valence-corrected chi connectivity index (χ0v) is 15.2. The molecule has 3 rings (SSSR count). The summed E-state index contributed by atoms with van der Waals surface area (Å²) in [6, 6.07) is 7.33. The van der Waals surface area contributed by atoms with E-state index in [1.165, 1.54) is 24.9 Å². The number of amides is 1. The number of nitrogens with zero attached hydrogens (tertiary/aromatic N) is 4. The van der Waals surface area contributed by atoms with Crippen molar-refractivity contribution < 1.29 is 9.59 Å². The Labute approximate surface area is 155 Å². The predicted octanol–water partition coefficient (Wildman–Crippen LogP) is 2.20. The number of nitrogen functional groups attached to an aromatic ring is 1. The van der Waals surface area contributed by atoms with Crippen molar-refractivity contribution in [3.05, 3.63) is 41.1 Å². The monoisotopic (exact) mass is 367 g/mol. The van der Waals surface area contributed by atoms with E-state index in [-0.39, 0.29) is 23.1 Å². The molecule has 26 heavy (non-hydrogen) atoms. The van der Waals surface area contributed by atoms with E-state index >= 15 is 0 Å². The van der Waals surface area contributed by atoms with Gasteiger partial charge in [-0.15, -0.1) is 0 Å². The number of nitriles is 1. The number of Topliss-reactive ketones (excluding diaryl/α,β-unsaturated/α-hetero) is 1. The summed E-state index contributed by atoms with van der Waals surface area (Å²) >= 11 is 1.19. The number of aromatic nitrogens is 2. The largest absolute Gasteiger partial charge is 0.382 e. The lowest BCUT2D eigenvalue weighted by molar-refractivity contribution is -0.116. The third-order valence-electron chi connectivity index (χ3n) is 4.21. The van der Waals surface area contributed by atoms with Gasteiger partial charge in [0.2, 0.25) is 5.91 Å². The van der Waals surface area contributed by atoms with Crippen molar-refractivity contribution in [3.63, 3.8) is 0 Å². The first-order valence-electron chi connectivity index (χ1n) is 8.05. The number of benzene rings is 1. The molecule has 0 radical (unpaired) electrons. The summed E-state index contributed by atoms with van der Waals surface area (Å²) in [6.45, 7) is 3.96. The van der Waals surface area contributed by atoms with Crippen LogP contribution < -0.4 is 10.6 Å². The van der Waals surface area contributed by atoms with E-state index in [2.05, 4.69) is 9.97 Å². The van der Waals surface area contributed by atoms with Crippen LogP contribution in [0.3, 0.4) is 0 Å². The lowest BCUT2D eigenvalue weighted by Crippen LogP contribution is -2.25. The van der Waals surface area contributed by atoms with Crippen LogP contribution in [0.2, 0.25) is 0 Å². The molecule has 7 nitrogen and oxygen atoms in total. The van der Waals surface area contributed by atoms with Crippen molar-refractivity contribution in [2.45, 2.75) is 30.7 Å². The van der Waals surface area contributed by atoms with Gasteiger partial charge in [-0.25, -0.2) is 9.97 Å². The van der Waals surface area contributed by atoms with E-state index < -0.39 is 5.25 Å². The van der Waals surface area contributed by atoms with Crippen molar-refractivity contribution in [2.75, 3.05) is 17.2 Å². The molecule has 1 unspecified atom stereocenters. The highest BCUT2D eigenvalue weighted by atomic mass is 32.2. The lowest BCUT2D eigenvalue weighted by atomic mass is 10.0. The van der Waals surface area contributed by atoms with Gasteiger partial charge in [-0.05, 0) is 37.1 Å². The summed E-state index contributed by atoms with van der Waals surface area (Å²) in [6.07, 6.45) is 2.10. The fourth-order valence-electron chi connectivity index (χ4n) is 2.85. The van der Waals surface area contributed by atoms with Crippen LogP contribution in [-0.2, 0) is 11.2 Å². The molecule has 2 N–H and O–H groups in total. The smallest absolute Gasteiger partial charge is 0.223 e. The Balaban J connectivity index is 1.76. The van der Waals surface area contributed by atoms with Crippen molar-refractivity contribution in [2.24, 2.45) is 0 Å². The van der Waals surface area contributed by atoms with Gasteiger partial charge in [0, 0.05) is 24.7 Å². The summed E-state index contributed by atoms with van der Waals surface area (Å²) < 4.78 is 0. The van der Waals surface area contributed by atoms with Gasteiger partial charge in [0.25, 0.3) is 0 Å². The molecule has 1 aromatic carbocycles. The summed E-state index contributed by atoms with van der Waals surface area (Å²) in [4.78, 5) is 34.2. The molecule has 0 saturated carbocycles. The number of carbonyl (C=O) groups is 2. The Hall–Kier alpha value is -2.92. The molecule has 0 bridgehead atoms. The molecule has 8 heteroatoms. The van der Waals surface area contributed by atoms with Crippen LogP contribution >= 0.6 is 11.8 Å². The van der Waals surface area contributed by atoms with Crippen molar-refractivity contribution in [3.8, 4) is 6.07 Å². The van der Waals surface area contributed by atoms with Crippen LogP contribution in [-0.4, -0.2) is 33.5 Å². The van der Waals surface area contributed by atoms with Crippen LogP contribution in [0.1, 0.15) is 35.3 Å². The second kappa shape index (κ2) is 7.14. The summed E-state index contributed by atoms with van der Waals surface area (Å²) in [5.74, 6) is 0.0550. The van der Waals surface area contributed by atoms with E-state index in [1.54, 1.807) is 17.9 Å². The van der Waals surface area contributed by atoms with E-state index in [0.29, 0.717) is 17.3 Å². The molecule has 0 spiro atoms. The lowest BCUT2D eigenvalue weighted by Gasteiger charge is -2.15. The predicted molar refractivity (Wildman–Crippen MR) is 99.0 cm³/mol. The Bertz CT molecular complexity index is 938. The first kappa shape index (κ1) is 17.9. The minimum atomic E-state index is -0.411. The van der Waals surface area contributed by atoms with E-state index in [1.807, 2.05) is 18.2 Å². The van der Waals surface area contributed by atoms with E-state index in [0.717, 1.165) is 17.7 Å². The Morgan fingerprint density at radius 3 is 2.85 bits per heavy atom. The van der Waals surface area contributed by atoms with Crippen LogP contribution in [0.4, 0.5) is 11.5 Å². The van der Waals surface area contributed by atoms with Gasteiger partial charge in [0.05, 0.1) is 11.4 Å². The fraction of sp³-hybridized carbons (Fsp3) is 0.278. The number of hydrogen-bond acceptors (Lipinski definition) is 7. The van der Waals surface area contributed by atoms with Gasteiger partial charge < -0.3 is 10.6 Å². The maximum absolute atomic E-state index is 12.7. The molecule has 0 fully saturated rings. The van der Waals surface area contributed by atoms with Gasteiger partial charge in [0.1, 0.15) is 17.5 Å². The Morgan fingerprint density at radius 2 is 2.19 bits per heavy atom. The second-order valence-electron chi connectivity index (χ2n) is 5.95. The number of rotatable bonds is 4. The van der Waals surface area contributed by atoms with Gasteiger partial charge in [-0.1, -0.05) is 11.8 Å². The zero-order valence-electron chi connectivity index (χ0n) is 14.4. The van der Waals surface area contributed by atoms with Crippen LogP contribution in [0, 0.1) is 11.3 Å². The average molecular weight is 367 g/mol. The molecule has 1 aliphatic rings. The maximum Gasteiger partial charge on any atom is 0.223 e. The summed E-state index contributed by atoms with van der Waals surface area (Å²) in [5, 5.41) is 8.80. The molecule has 0 saturated heterocycles. The molecular weight excluding hydrogens is 350 g/mol. The average Bonchev–Trinajstić information content (AvgIpc) is 3.04. The Morgan fingerprint density at radius 1 is 1.42 bits per heavy atom. The molecule has 1 atom stereocenters. The molecule has 1 aromatic heterocycles. The van der Waals surface area contributed by atoms with E-state index in [4.69, 9.17) is 11.0 Å². The third kappa shape index (κ3) is 3.39. The molecule has 2 heterocycles. The highest BCUT2D eigenvalue weighted by Crippen LogP contribution is 2.31. The van der Waals surface area contributed by atoms with Crippen LogP contribution in [0.15, 0.2) is 29.6 Å². The van der Waals surface area contributed by atoms with Gasteiger partial charge >= 0.3 is 0 Å². The van der Waals surface area contributed by atoms with Crippen molar-refractivity contribution in [1.82, 2.24) is 9.97 Å². The third-order valence-corrected chi connectivity index (χ3v) is 5.18. The van der Waals surface area contributed by atoms with Crippen LogP contribution in [0.25, 0.3) is 0 Å². The fourth-order valence-corrected chi connectivity index (χ4v) is 3.67. The minimum absolute atomic E-state index is 0.00213. The topological polar surface area (TPSA) is 113 Å². The van der Waals surface area contributed by atoms with Gasteiger partial charge in [-0.3, -0.25) is 9.59 Å². The highest BCUT2D eigenvalue weighted by molar-refractivity contribution is 8.00. The minimum Gasteiger partial charge on any atom is -0.382 e. The maximum atomic E-state index is 12.7. The number of fused-ring (bicyclic) bond motifs is 1. The normalized spacial score (nSPS) is 13.8. The number of hydrogen-bond donors (Lipinski definition) is 1. The number of carbonyl (C=O) groups excluding carboxylic acids is 2. The van der Waals surface area contributed by atoms with Crippen molar-refractivity contribution >= 4 is 35.0 Å². The zero-order chi connectivity index (χ0) is 18.8. The molecule has 1 amide bonds. The quantitative estimate of drug-likeness (QED) is 0.501. The number of nitrogens with two attached hydrogens (primary N) is 1. The first-order chi connectivity index (χ1) is 12.4. The molecule has 132 valence electrons. The Kier molecular flexibility index (Phi) is 4.91. The van der Waals surface area contributed by atoms with Gasteiger partial charge in [0.15, 0.2) is 10.9 Å². The first-order valence-corrected chi connectivity index (χ1v) is 8.93. The van der Waals surface area contributed by atoms with Gasteiger partial charge in [-0.2, -0.15) is 5.26 Å². The number of thioether (sulfide) groups is 1. The van der Waals surface area contributed by atoms with Crippen molar-refractivity contribution in [1.29, 1.82) is 5.26 Å².